The summed E-state index contributed by atoms with van der Waals surface area (Å²) in [6.07, 6.45) is 2.62. The van der Waals surface area contributed by atoms with Crippen molar-refractivity contribution in [3.63, 3.8) is 0 Å². The molecule has 7 heteroatoms. The van der Waals surface area contributed by atoms with Gasteiger partial charge < -0.3 is 20.1 Å². The highest BCUT2D eigenvalue weighted by Gasteiger charge is 2.32. The Hall–Kier alpha value is -1.86. The van der Waals surface area contributed by atoms with Crippen LogP contribution in [0.5, 0.6) is 5.75 Å². The van der Waals surface area contributed by atoms with Crippen LogP contribution < -0.4 is 15.4 Å². The summed E-state index contributed by atoms with van der Waals surface area (Å²) in [5.41, 5.74) is 0. The highest BCUT2D eigenvalue weighted by atomic mass is 19.1. The topological polar surface area (TPSA) is 58.1 Å². The lowest BCUT2D eigenvalue weighted by Crippen LogP contribution is -2.51. The van der Waals surface area contributed by atoms with E-state index in [0.29, 0.717) is 18.3 Å². The number of hydrogen-bond acceptors (Lipinski definition) is 4. The van der Waals surface area contributed by atoms with Gasteiger partial charge in [-0.1, -0.05) is 0 Å². The van der Waals surface area contributed by atoms with Gasteiger partial charge in [0.15, 0.2) is 5.96 Å². The number of rotatable bonds is 7. The van der Waals surface area contributed by atoms with Gasteiger partial charge in [-0.05, 0) is 57.5 Å². The van der Waals surface area contributed by atoms with Gasteiger partial charge in [-0.25, -0.2) is 9.38 Å². The van der Waals surface area contributed by atoms with E-state index >= 15 is 0 Å². The molecule has 1 aromatic carbocycles. The van der Waals surface area contributed by atoms with Crippen molar-refractivity contribution in [2.24, 2.45) is 4.99 Å². The van der Waals surface area contributed by atoms with Gasteiger partial charge in [-0.15, -0.1) is 0 Å². The van der Waals surface area contributed by atoms with E-state index in [4.69, 9.17) is 9.47 Å². The molecule has 0 aromatic heterocycles. The van der Waals surface area contributed by atoms with Crippen molar-refractivity contribution in [1.29, 1.82) is 0 Å². The lowest BCUT2D eigenvalue weighted by molar-refractivity contribution is -0.0453. The molecule has 2 saturated heterocycles. The Balaban J connectivity index is 1.45. The van der Waals surface area contributed by atoms with E-state index in [1.54, 1.807) is 12.1 Å². The largest absolute Gasteiger partial charge is 0.489 e. The number of nitrogens with zero attached hydrogens (tertiary/aromatic N) is 2. The fourth-order valence-electron chi connectivity index (χ4n) is 3.56. The predicted octanol–water partition coefficient (Wildman–Crippen LogP) is 2.01. The Labute approximate surface area is 161 Å². The third-order valence-electron chi connectivity index (χ3n) is 4.96. The highest BCUT2D eigenvalue weighted by Crippen LogP contribution is 2.22. The molecule has 0 bridgehead atoms. The summed E-state index contributed by atoms with van der Waals surface area (Å²) in [7, 11) is 0. The molecular formula is C20H31FN4O2. The zero-order valence-corrected chi connectivity index (χ0v) is 16.3. The molecular weight excluding hydrogens is 347 g/mol. The Kier molecular flexibility index (Phi) is 7.29. The van der Waals surface area contributed by atoms with Crippen LogP contribution in [0.3, 0.4) is 0 Å². The number of halogens is 1. The first kappa shape index (κ1) is 19.9. The fourth-order valence-corrected chi connectivity index (χ4v) is 3.56. The second-order valence-electron chi connectivity index (χ2n) is 7.23. The Morgan fingerprint density at radius 2 is 2.19 bits per heavy atom. The maximum absolute atomic E-state index is 13.0. The Morgan fingerprint density at radius 3 is 2.96 bits per heavy atom. The van der Waals surface area contributed by atoms with Crippen LogP contribution in [0, 0.1) is 5.82 Å². The second-order valence-corrected chi connectivity index (χ2v) is 7.23. The average molecular weight is 378 g/mol. The van der Waals surface area contributed by atoms with Crippen LogP contribution in [-0.2, 0) is 4.74 Å². The van der Waals surface area contributed by atoms with Crippen LogP contribution in [0.25, 0.3) is 0 Å². The van der Waals surface area contributed by atoms with Crippen molar-refractivity contribution in [3.8, 4) is 5.75 Å². The van der Waals surface area contributed by atoms with Crippen LogP contribution in [0.1, 0.15) is 26.7 Å². The molecule has 0 saturated carbocycles. The van der Waals surface area contributed by atoms with Crippen LogP contribution in [0.4, 0.5) is 4.39 Å². The quantitative estimate of drug-likeness (QED) is 0.562. The van der Waals surface area contributed by atoms with E-state index in [1.165, 1.54) is 31.5 Å². The molecule has 0 amide bonds. The average Bonchev–Trinajstić information content (AvgIpc) is 3.13. The standard InChI is InChI=1S/C20H31FN4O2/c1-3-22-20(23-11-15(2)27-18-8-6-16(21)7-9-18)24-12-19-13-25-10-4-5-17(25)14-26-19/h6-9,15,17,19H,3-5,10-14H2,1-2H3,(H2,22,23,24). The van der Waals surface area contributed by atoms with Crippen molar-refractivity contribution >= 4 is 5.96 Å². The molecule has 0 aliphatic carbocycles. The van der Waals surface area contributed by atoms with Crippen LogP contribution >= 0.6 is 0 Å². The van der Waals surface area contributed by atoms with Gasteiger partial charge in [0, 0.05) is 25.7 Å². The van der Waals surface area contributed by atoms with Crippen LogP contribution in [0.15, 0.2) is 29.3 Å². The predicted molar refractivity (Wildman–Crippen MR) is 105 cm³/mol. The summed E-state index contributed by atoms with van der Waals surface area (Å²) in [6, 6.07) is 6.67. The zero-order chi connectivity index (χ0) is 19.1. The van der Waals surface area contributed by atoms with E-state index in [2.05, 4.69) is 20.5 Å². The second kappa shape index (κ2) is 9.90. The summed E-state index contributed by atoms with van der Waals surface area (Å²) >= 11 is 0. The molecule has 2 aliphatic rings. The first-order chi connectivity index (χ1) is 13.1. The minimum Gasteiger partial charge on any atom is -0.489 e. The molecule has 2 N–H and O–H groups in total. The van der Waals surface area contributed by atoms with Crippen molar-refractivity contribution < 1.29 is 13.9 Å². The van der Waals surface area contributed by atoms with Crippen molar-refractivity contribution in [1.82, 2.24) is 15.5 Å². The van der Waals surface area contributed by atoms with Crippen molar-refractivity contribution in [3.05, 3.63) is 30.1 Å². The van der Waals surface area contributed by atoms with Crippen LogP contribution in [0.2, 0.25) is 0 Å². The van der Waals surface area contributed by atoms with Gasteiger partial charge in [-0.2, -0.15) is 0 Å². The van der Waals surface area contributed by atoms with E-state index in [1.807, 2.05) is 13.8 Å². The maximum Gasteiger partial charge on any atom is 0.191 e. The first-order valence-electron chi connectivity index (χ1n) is 9.94. The zero-order valence-electron chi connectivity index (χ0n) is 16.3. The maximum atomic E-state index is 13.0. The van der Waals surface area contributed by atoms with Gasteiger partial charge in [0.05, 0.1) is 19.3 Å². The number of morpholine rings is 1. The van der Waals surface area contributed by atoms with Crippen molar-refractivity contribution in [2.75, 3.05) is 39.3 Å². The Bertz CT molecular complexity index is 611. The molecule has 2 heterocycles. The minimum absolute atomic E-state index is 0.109. The first-order valence-corrected chi connectivity index (χ1v) is 9.94. The number of aliphatic imine (C=N–C) groups is 1. The number of guanidine groups is 1. The summed E-state index contributed by atoms with van der Waals surface area (Å²) in [6.45, 7) is 9.05. The number of benzene rings is 1. The van der Waals surface area contributed by atoms with E-state index in [-0.39, 0.29) is 18.0 Å². The molecule has 1 aromatic rings. The summed E-state index contributed by atoms with van der Waals surface area (Å²) in [5, 5.41) is 6.64. The smallest absolute Gasteiger partial charge is 0.191 e. The lowest BCUT2D eigenvalue weighted by atomic mass is 10.2. The molecule has 3 rings (SSSR count). The number of nitrogens with one attached hydrogen (secondary N) is 2. The summed E-state index contributed by atoms with van der Waals surface area (Å²) in [4.78, 5) is 7.14. The molecule has 3 atom stereocenters. The molecule has 150 valence electrons. The summed E-state index contributed by atoms with van der Waals surface area (Å²) < 4.78 is 24.7. The number of ether oxygens (including phenoxy) is 2. The lowest BCUT2D eigenvalue weighted by Gasteiger charge is -2.35. The Morgan fingerprint density at radius 1 is 1.37 bits per heavy atom. The molecule has 3 unspecified atom stereocenters. The third kappa shape index (κ3) is 6.07. The van der Waals surface area contributed by atoms with Gasteiger partial charge in [0.2, 0.25) is 0 Å². The van der Waals surface area contributed by atoms with Gasteiger partial charge in [0.25, 0.3) is 0 Å². The van der Waals surface area contributed by atoms with E-state index in [0.717, 1.165) is 32.2 Å². The van der Waals surface area contributed by atoms with E-state index in [9.17, 15) is 4.39 Å². The molecule has 2 aliphatic heterocycles. The molecule has 27 heavy (non-hydrogen) atoms. The number of fused-ring (bicyclic) bond motifs is 1. The van der Waals surface area contributed by atoms with Crippen molar-refractivity contribution in [2.45, 2.75) is 44.9 Å². The molecule has 0 spiro atoms. The van der Waals surface area contributed by atoms with Gasteiger partial charge in [-0.3, -0.25) is 4.90 Å². The highest BCUT2D eigenvalue weighted by molar-refractivity contribution is 5.79. The third-order valence-corrected chi connectivity index (χ3v) is 4.96. The monoisotopic (exact) mass is 378 g/mol. The fraction of sp³-hybridized carbons (Fsp3) is 0.650. The number of hydrogen-bond donors (Lipinski definition) is 2. The molecule has 2 fully saturated rings. The minimum atomic E-state index is -0.267. The molecule has 6 nitrogen and oxygen atoms in total. The summed E-state index contributed by atoms with van der Waals surface area (Å²) in [5.74, 6) is 1.14. The SMILES string of the molecule is CCNC(=NCC(C)Oc1ccc(F)cc1)NCC1CN2CCCC2CO1. The normalized spacial score (nSPS) is 24.3. The van der Waals surface area contributed by atoms with Gasteiger partial charge in [0.1, 0.15) is 17.7 Å². The van der Waals surface area contributed by atoms with Gasteiger partial charge >= 0.3 is 0 Å². The van der Waals surface area contributed by atoms with E-state index < -0.39 is 0 Å². The van der Waals surface area contributed by atoms with Crippen LogP contribution in [-0.4, -0.2) is 68.4 Å². The molecule has 0 radical (unpaired) electrons.